The molecule has 9 rings (SSSR count). The van der Waals surface area contributed by atoms with Crippen LogP contribution in [0.4, 0.5) is 11.5 Å². The van der Waals surface area contributed by atoms with Crippen LogP contribution in [0.5, 0.6) is 5.75 Å². The van der Waals surface area contributed by atoms with E-state index >= 15 is 0 Å². The fraction of sp³-hybridized carbons (Fsp3) is 0.500. The number of fused-ring (bicyclic) bond motifs is 1. The summed E-state index contributed by atoms with van der Waals surface area (Å²) < 4.78 is 6.09. The van der Waals surface area contributed by atoms with Gasteiger partial charge in [-0.15, -0.1) is 10.2 Å². The van der Waals surface area contributed by atoms with Crippen molar-refractivity contribution in [3.8, 4) is 11.8 Å². The molecule has 5 amide bonds. The number of nitriles is 1. The predicted octanol–water partition coefficient (Wildman–Crippen LogP) is 3.69. The zero-order chi connectivity index (χ0) is 40.7. The van der Waals surface area contributed by atoms with Crippen molar-refractivity contribution < 1.29 is 28.7 Å². The Labute approximate surface area is 343 Å². The number of carbonyl (C=O) groups excluding carboxylic acids is 5. The maximum atomic E-state index is 13.3. The lowest BCUT2D eigenvalue weighted by molar-refractivity contribution is -0.136. The highest BCUT2D eigenvalue weighted by atomic mass is 16.5. The smallest absolute Gasteiger partial charge is 0.272 e. The van der Waals surface area contributed by atoms with Gasteiger partial charge in [-0.25, -0.2) is 0 Å². The molecule has 0 bridgehead atoms. The number of imide groups is 2. The van der Waals surface area contributed by atoms with E-state index in [0.29, 0.717) is 28.3 Å². The lowest BCUT2D eigenvalue weighted by Crippen LogP contribution is -2.60. The van der Waals surface area contributed by atoms with Gasteiger partial charge in [0.25, 0.3) is 17.7 Å². The summed E-state index contributed by atoms with van der Waals surface area (Å²) in [4.78, 5) is 71.7. The number of anilines is 2. The normalized spacial score (nSPS) is 24.7. The second kappa shape index (κ2) is 16.1. The molecule has 2 N–H and O–H groups in total. The van der Waals surface area contributed by atoms with E-state index in [1.807, 2.05) is 24.3 Å². The molecule has 15 heteroatoms. The Morgan fingerprint density at radius 2 is 1.56 bits per heavy atom. The van der Waals surface area contributed by atoms with E-state index in [2.05, 4.69) is 41.6 Å². The quantitative estimate of drug-likeness (QED) is 0.300. The largest absolute Gasteiger partial charge is 0.490 e. The van der Waals surface area contributed by atoms with Crippen molar-refractivity contribution in [1.82, 2.24) is 30.6 Å². The van der Waals surface area contributed by atoms with Crippen LogP contribution in [-0.4, -0.2) is 114 Å². The number of carbonyl (C=O) groups is 5. The van der Waals surface area contributed by atoms with Crippen molar-refractivity contribution in [1.29, 1.82) is 5.26 Å². The van der Waals surface area contributed by atoms with E-state index in [0.717, 1.165) is 119 Å². The minimum atomic E-state index is -0.964. The molecule has 4 saturated heterocycles. The summed E-state index contributed by atoms with van der Waals surface area (Å²) >= 11 is 0. The summed E-state index contributed by atoms with van der Waals surface area (Å²) in [5, 5.41) is 23.1. The van der Waals surface area contributed by atoms with Crippen molar-refractivity contribution in [2.24, 2.45) is 11.3 Å². The lowest BCUT2D eigenvalue weighted by atomic mass is 9.71. The van der Waals surface area contributed by atoms with Gasteiger partial charge in [-0.2, -0.15) is 5.26 Å². The number of nitrogens with one attached hydrogen (secondary N) is 2. The highest BCUT2D eigenvalue weighted by molar-refractivity contribution is 6.23. The summed E-state index contributed by atoms with van der Waals surface area (Å²) in [6, 6.07) is 17.5. The number of ether oxygens (including phenoxy) is 1. The Kier molecular flexibility index (Phi) is 10.5. The van der Waals surface area contributed by atoms with Crippen LogP contribution in [-0.2, 0) is 9.59 Å². The lowest BCUT2D eigenvalue weighted by Gasteiger charge is -2.55. The van der Waals surface area contributed by atoms with E-state index < -0.39 is 23.8 Å². The first kappa shape index (κ1) is 38.6. The van der Waals surface area contributed by atoms with E-state index in [-0.39, 0.29) is 42.2 Å². The van der Waals surface area contributed by atoms with Gasteiger partial charge in [0.15, 0.2) is 11.5 Å². The van der Waals surface area contributed by atoms with E-state index in [1.54, 1.807) is 30.3 Å². The van der Waals surface area contributed by atoms with Gasteiger partial charge in [-0.05, 0) is 131 Å². The van der Waals surface area contributed by atoms with Crippen LogP contribution < -0.4 is 25.2 Å². The molecule has 5 aliphatic heterocycles. The third-order valence-corrected chi connectivity index (χ3v) is 13.4. The molecular weight excluding hydrogens is 751 g/mol. The van der Waals surface area contributed by atoms with Crippen molar-refractivity contribution >= 4 is 41.0 Å². The molecule has 59 heavy (non-hydrogen) atoms. The number of benzene rings is 2. The Bertz CT molecular complexity index is 2160. The minimum Gasteiger partial charge on any atom is -0.490 e. The van der Waals surface area contributed by atoms with Crippen LogP contribution in [0.15, 0.2) is 54.6 Å². The van der Waals surface area contributed by atoms with Crippen molar-refractivity contribution in [3.05, 3.63) is 77.0 Å². The SMILES string of the molecule is N#Cc1ccc(OC2CCC(NC(=O)c3ccc(N4CCC(CN5CCC6(CC5)CN(c5ccc7c(c5)C(=O)N(C5CCC(=O)NC5=O)C7=O)C6)CC4)nn3)CC2)cc1. The number of hydrogen-bond acceptors (Lipinski definition) is 12. The van der Waals surface area contributed by atoms with Crippen LogP contribution in [0.2, 0.25) is 0 Å². The highest BCUT2D eigenvalue weighted by Crippen LogP contribution is 2.44. The molecule has 1 aliphatic carbocycles. The Morgan fingerprint density at radius 3 is 2.24 bits per heavy atom. The number of hydrogen-bond donors (Lipinski definition) is 2. The van der Waals surface area contributed by atoms with Gasteiger partial charge in [-0.3, -0.25) is 34.2 Å². The van der Waals surface area contributed by atoms with Gasteiger partial charge in [0, 0.05) is 56.3 Å². The molecule has 15 nitrogen and oxygen atoms in total. The summed E-state index contributed by atoms with van der Waals surface area (Å²) in [6.07, 6.45) is 8.07. The van der Waals surface area contributed by atoms with Gasteiger partial charge in [0.05, 0.1) is 28.9 Å². The Morgan fingerprint density at radius 1 is 0.831 bits per heavy atom. The predicted molar refractivity (Wildman–Crippen MR) is 216 cm³/mol. The Balaban J connectivity index is 0.683. The second-order valence-corrected chi connectivity index (χ2v) is 17.2. The number of amides is 5. The maximum Gasteiger partial charge on any atom is 0.272 e. The van der Waals surface area contributed by atoms with E-state index in [1.165, 1.54) is 0 Å². The van der Waals surface area contributed by atoms with Gasteiger partial charge in [0.2, 0.25) is 11.8 Å². The molecule has 1 aromatic heterocycles. The number of piperidine rings is 3. The van der Waals surface area contributed by atoms with Gasteiger partial charge in [-0.1, -0.05) is 0 Å². The molecule has 1 spiro atoms. The van der Waals surface area contributed by atoms with Crippen LogP contribution in [0, 0.1) is 22.7 Å². The zero-order valence-electron chi connectivity index (χ0n) is 33.1. The van der Waals surface area contributed by atoms with Crippen LogP contribution in [0.3, 0.4) is 0 Å². The monoisotopic (exact) mass is 799 g/mol. The molecular formula is C44H49N9O6. The molecule has 6 heterocycles. The van der Waals surface area contributed by atoms with Crippen molar-refractivity contribution in [2.75, 3.05) is 55.6 Å². The molecule has 6 aliphatic rings. The molecule has 306 valence electrons. The van der Waals surface area contributed by atoms with Gasteiger partial charge in [0.1, 0.15) is 11.8 Å². The minimum absolute atomic E-state index is 0.0678. The summed E-state index contributed by atoms with van der Waals surface area (Å²) in [7, 11) is 0. The summed E-state index contributed by atoms with van der Waals surface area (Å²) in [6.45, 7) is 6.86. The van der Waals surface area contributed by atoms with Crippen molar-refractivity contribution in [3.63, 3.8) is 0 Å². The molecule has 1 atom stereocenters. The zero-order valence-corrected chi connectivity index (χ0v) is 33.1. The highest BCUT2D eigenvalue weighted by Gasteiger charge is 2.47. The molecule has 1 unspecified atom stereocenters. The van der Waals surface area contributed by atoms with E-state index in [9.17, 15) is 24.0 Å². The summed E-state index contributed by atoms with van der Waals surface area (Å²) in [5.41, 5.74) is 2.73. The Hall–Kier alpha value is -5.88. The molecule has 0 radical (unpaired) electrons. The van der Waals surface area contributed by atoms with Crippen LogP contribution >= 0.6 is 0 Å². The topological polar surface area (TPSA) is 181 Å². The maximum absolute atomic E-state index is 13.3. The second-order valence-electron chi connectivity index (χ2n) is 17.2. The number of nitrogens with zero attached hydrogens (tertiary/aromatic N) is 7. The van der Waals surface area contributed by atoms with Crippen LogP contribution in [0.25, 0.3) is 0 Å². The molecule has 1 saturated carbocycles. The molecule has 3 aromatic rings. The third-order valence-electron chi connectivity index (χ3n) is 13.4. The average Bonchev–Trinajstić information content (AvgIpc) is 3.49. The number of rotatable bonds is 9. The van der Waals surface area contributed by atoms with Crippen LogP contribution in [0.1, 0.15) is 101 Å². The van der Waals surface area contributed by atoms with Crippen molar-refractivity contribution in [2.45, 2.75) is 82.4 Å². The number of likely N-dealkylation sites (tertiary alicyclic amines) is 1. The molecule has 5 fully saturated rings. The first-order valence-electron chi connectivity index (χ1n) is 21.0. The van der Waals surface area contributed by atoms with E-state index in [4.69, 9.17) is 10.00 Å². The average molecular weight is 800 g/mol. The van der Waals surface area contributed by atoms with Gasteiger partial charge >= 0.3 is 0 Å². The number of aromatic nitrogens is 2. The van der Waals surface area contributed by atoms with Gasteiger partial charge < -0.3 is 24.8 Å². The third kappa shape index (κ3) is 7.98. The molecule has 2 aromatic carbocycles. The summed E-state index contributed by atoms with van der Waals surface area (Å²) in [5.74, 6) is 0.0485. The first-order chi connectivity index (χ1) is 28.6. The fourth-order valence-corrected chi connectivity index (χ4v) is 9.84. The first-order valence-corrected chi connectivity index (χ1v) is 21.0. The fourth-order valence-electron chi connectivity index (χ4n) is 9.84. The standard InChI is InChI=1S/C44H49N9O6/c45-24-28-1-6-32(7-2-28)59-33-8-3-30(4-9-33)46-40(55)36-11-13-38(49-48-36)51-19-15-29(16-20-51)25-50-21-17-44(18-22-50)26-52(27-44)31-5-10-34-35(23-31)43(58)53(42(34)57)37-12-14-39(54)47-41(37)56/h1-2,5-7,10-11,13,23,29-30,33,37H,3-4,8-9,12,14-22,25-27H2,(H,46,55)(H,47,54,56).